The van der Waals surface area contributed by atoms with E-state index in [0.29, 0.717) is 0 Å². The summed E-state index contributed by atoms with van der Waals surface area (Å²) in [5, 5.41) is 0. The van der Waals surface area contributed by atoms with Crippen LogP contribution in [-0.4, -0.2) is 12.5 Å². The minimum absolute atomic E-state index is 0.779. The Kier molecular flexibility index (Phi) is 4.24. The standard InChI is InChI=1S/C12H22BrNSi/c1-6-15(10(2)3,11(4)5)14-8-7-12(13)9-14/h7-11H,6H2,1-5H3. The predicted molar refractivity (Wildman–Crippen MR) is 74.0 cm³/mol. The summed E-state index contributed by atoms with van der Waals surface area (Å²) >= 11 is 3.55. The Morgan fingerprint density at radius 2 is 1.80 bits per heavy atom. The first-order chi connectivity index (χ1) is 6.95. The average molecular weight is 288 g/mol. The maximum Gasteiger partial charge on any atom is 0.165 e. The lowest BCUT2D eigenvalue weighted by atomic mass is 10.5. The molecule has 0 spiro atoms. The van der Waals surface area contributed by atoms with E-state index in [1.54, 1.807) is 0 Å². The van der Waals surface area contributed by atoms with E-state index in [4.69, 9.17) is 0 Å². The molecule has 0 radical (unpaired) electrons. The molecule has 0 aliphatic rings. The highest BCUT2D eigenvalue weighted by Gasteiger charge is 2.40. The maximum atomic E-state index is 3.55. The first-order valence-electron chi connectivity index (χ1n) is 5.79. The number of halogens is 1. The van der Waals surface area contributed by atoms with Crippen LogP contribution < -0.4 is 0 Å². The molecule has 1 aromatic heterocycles. The van der Waals surface area contributed by atoms with Crippen LogP contribution >= 0.6 is 15.9 Å². The molecule has 3 heteroatoms. The van der Waals surface area contributed by atoms with Crippen molar-refractivity contribution < 1.29 is 0 Å². The quantitative estimate of drug-likeness (QED) is 0.696. The van der Waals surface area contributed by atoms with Gasteiger partial charge in [0.2, 0.25) is 0 Å². The van der Waals surface area contributed by atoms with Crippen LogP contribution in [0.5, 0.6) is 0 Å². The fourth-order valence-corrected chi connectivity index (χ4v) is 8.67. The summed E-state index contributed by atoms with van der Waals surface area (Å²) in [6.07, 6.45) is 4.51. The van der Waals surface area contributed by atoms with Crippen molar-refractivity contribution in [3.05, 3.63) is 22.9 Å². The van der Waals surface area contributed by atoms with Gasteiger partial charge in [-0.05, 0) is 45.3 Å². The van der Waals surface area contributed by atoms with E-state index in [-0.39, 0.29) is 0 Å². The number of hydrogen-bond donors (Lipinski definition) is 0. The van der Waals surface area contributed by atoms with Gasteiger partial charge in [0.1, 0.15) is 0 Å². The van der Waals surface area contributed by atoms with Crippen molar-refractivity contribution in [3.63, 3.8) is 0 Å². The van der Waals surface area contributed by atoms with Crippen LogP contribution in [-0.2, 0) is 0 Å². The molecule has 0 unspecified atom stereocenters. The largest absolute Gasteiger partial charge is 0.379 e. The third-order valence-electron chi connectivity index (χ3n) is 3.70. The minimum Gasteiger partial charge on any atom is -0.379 e. The van der Waals surface area contributed by atoms with E-state index in [1.807, 2.05) is 0 Å². The van der Waals surface area contributed by atoms with Crippen molar-refractivity contribution >= 4 is 24.2 Å². The summed E-state index contributed by atoms with van der Waals surface area (Å²) in [5.41, 5.74) is 1.56. The molecule has 1 heterocycles. The van der Waals surface area contributed by atoms with E-state index in [0.717, 1.165) is 11.1 Å². The fourth-order valence-electron chi connectivity index (χ4n) is 2.89. The molecule has 0 atom stereocenters. The van der Waals surface area contributed by atoms with E-state index in [9.17, 15) is 0 Å². The van der Waals surface area contributed by atoms with Crippen molar-refractivity contribution in [2.45, 2.75) is 51.7 Å². The van der Waals surface area contributed by atoms with Gasteiger partial charge in [0.25, 0.3) is 0 Å². The zero-order chi connectivity index (χ0) is 11.6. The second-order valence-corrected chi connectivity index (χ2v) is 11.3. The highest BCUT2D eigenvalue weighted by molar-refractivity contribution is 9.10. The second kappa shape index (κ2) is 4.87. The molecule has 0 aromatic carbocycles. The fraction of sp³-hybridized carbons (Fsp3) is 0.667. The molecule has 0 N–H and O–H groups in total. The normalized spacial score (nSPS) is 12.8. The van der Waals surface area contributed by atoms with Crippen LogP contribution in [0.4, 0.5) is 0 Å². The molecule has 1 aromatic rings. The highest BCUT2D eigenvalue weighted by atomic mass is 79.9. The minimum atomic E-state index is -1.39. The van der Waals surface area contributed by atoms with Crippen LogP contribution in [0, 0.1) is 0 Å². The Morgan fingerprint density at radius 3 is 2.07 bits per heavy atom. The number of nitrogens with zero attached hydrogens (tertiary/aromatic N) is 1. The van der Waals surface area contributed by atoms with E-state index >= 15 is 0 Å². The molecule has 0 bridgehead atoms. The van der Waals surface area contributed by atoms with Crippen LogP contribution in [0.3, 0.4) is 0 Å². The number of hydrogen-bond acceptors (Lipinski definition) is 0. The van der Waals surface area contributed by atoms with Crippen molar-refractivity contribution in [1.29, 1.82) is 0 Å². The van der Waals surface area contributed by atoms with Crippen LogP contribution in [0.25, 0.3) is 0 Å². The Balaban J connectivity index is 3.21. The van der Waals surface area contributed by atoms with Gasteiger partial charge in [0.15, 0.2) is 8.24 Å². The molecule has 1 nitrogen and oxygen atoms in total. The monoisotopic (exact) mass is 287 g/mol. The summed E-state index contributed by atoms with van der Waals surface area (Å²) in [7, 11) is -1.39. The third-order valence-corrected chi connectivity index (χ3v) is 10.5. The van der Waals surface area contributed by atoms with Gasteiger partial charge in [-0.2, -0.15) is 0 Å². The van der Waals surface area contributed by atoms with Crippen molar-refractivity contribution in [1.82, 2.24) is 4.23 Å². The molecular formula is C12H22BrNSi. The van der Waals surface area contributed by atoms with Gasteiger partial charge in [-0.25, -0.2) is 0 Å². The molecule has 0 saturated carbocycles. The van der Waals surface area contributed by atoms with E-state index < -0.39 is 8.24 Å². The summed E-state index contributed by atoms with van der Waals surface area (Å²) in [5.74, 6) is 0. The van der Waals surface area contributed by atoms with Gasteiger partial charge < -0.3 is 4.23 Å². The van der Waals surface area contributed by atoms with Crippen molar-refractivity contribution in [2.24, 2.45) is 0 Å². The molecule has 0 aliphatic heterocycles. The van der Waals surface area contributed by atoms with Gasteiger partial charge in [-0.3, -0.25) is 0 Å². The van der Waals surface area contributed by atoms with Gasteiger partial charge in [-0.1, -0.05) is 34.6 Å². The average Bonchev–Trinajstić information content (AvgIpc) is 2.53. The summed E-state index contributed by atoms with van der Waals surface area (Å²) in [4.78, 5) is 0. The summed E-state index contributed by atoms with van der Waals surface area (Å²) < 4.78 is 3.72. The van der Waals surface area contributed by atoms with Crippen LogP contribution in [0.15, 0.2) is 22.9 Å². The number of rotatable bonds is 4. The van der Waals surface area contributed by atoms with Crippen molar-refractivity contribution in [2.75, 3.05) is 0 Å². The van der Waals surface area contributed by atoms with E-state index in [1.165, 1.54) is 10.5 Å². The molecule has 86 valence electrons. The lowest BCUT2D eigenvalue weighted by Gasteiger charge is -2.39. The Hall–Kier alpha value is -0.0231. The van der Waals surface area contributed by atoms with Crippen LogP contribution in [0.1, 0.15) is 34.6 Å². The molecule has 0 aliphatic carbocycles. The predicted octanol–water partition coefficient (Wildman–Crippen LogP) is 4.88. The number of aromatic nitrogens is 1. The zero-order valence-corrected chi connectivity index (χ0v) is 13.0. The highest BCUT2D eigenvalue weighted by Crippen LogP contribution is 2.37. The molecule has 0 fully saturated rings. The maximum absolute atomic E-state index is 3.55. The Morgan fingerprint density at radius 1 is 1.27 bits per heavy atom. The molecule has 0 amide bonds. The second-order valence-electron chi connectivity index (χ2n) is 4.89. The molecule has 1 rings (SSSR count). The Labute approximate surface area is 103 Å². The first-order valence-corrected chi connectivity index (χ1v) is 8.89. The van der Waals surface area contributed by atoms with Crippen molar-refractivity contribution in [3.8, 4) is 0 Å². The lowest BCUT2D eigenvalue weighted by Crippen LogP contribution is -2.47. The van der Waals surface area contributed by atoms with Crippen LogP contribution in [0.2, 0.25) is 17.1 Å². The summed E-state index contributed by atoms with van der Waals surface area (Å²) in [6, 6.07) is 3.46. The SMILES string of the molecule is CC[Si](C(C)C)(C(C)C)n1ccc(Br)c1. The Bertz CT molecular complexity index is 309. The van der Waals surface area contributed by atoms with Gasteiger partial charge in [0.05, 0.1) is 0 Å². The molecule has 15 heavy (non-hydrogen) atoms. The zero-order valence-electron chi connectivity index (χ0n) is 10.4. The van der Waals surface area contributed by atoms with Gasteiger partial charge in [0, 0.05) is 10.7 Å². The molecular weight excluding hydrogens is 266 g/mol. The first kappa shape index (κ1) is 13.0. The third kappa shape index (κ3) is 2.23. The van der Waals surface area contributed by atoms with Gasteiger partial charge >= 0.3 is 0 Å². The molecule has 0 saturated heterocycles. The van der Waals surface area contributed by atoms with Gasteiger partial charge in [-0.15, -0.1) is 0 Å². The smallest absolute Gasteiger partial charge is 0.165 e. The van der Waals surface area contributed by atoms with E-state index in [2.05, 4.69) is 73.2 Å². The lowest BCUT2D eigenvalue weighted by molar-refractivity contribution is 0.820. The summed E-state index contributed by atoms with van der Waals surface area (Å²) in [6.45, 7) is 11.9. The topological polar surface area (TPSA) is 4.93 Å².